The normalized spacial score (nSPS) is 10.6. The van der Waals surface area contributed by atoms with Crippen LogP contribution in [0.15, 0.2) is 27.9 Å². The second-order valence-corrected chi connectivity index (χ2v) is 6.05. The number of nitrogens with one attached hydrogen (secondary N) is 1. The van der Waals surface area contributed by atoms with Gasteiger partial charge in [-0.05, 0) is 25.7 Å². The molecule has 2 heterocycles. The van der Waals surface area contributed by atoms with Gasteiger partial charge in [-0.2, -0.15) is 5.26 Å². The smallest absolute Gasteiger partial charge is 0.332 e. The Morgan fingerprint density at radius 2 is 2.04 bits per heavy atom. The lowest BCUT2D eigenvalue weighted by molar-refractivity contribution is 0.253. The molecule has 0 radical (unpaired) electrons. The lowest BCUT2D eigenvalue weighted by Gasteiger charge is -2.14. The summed E-state index contributed by atoms with van der Waals surface area (Å²) in [7, 11) is 6.76. The maximum atomic E-state index is 12.1. The molecule has 0 bridgehead atoms. The van der Waals surface area contributed by atoms with Crippen LogP contribution in [0, 0.1) is 11.3 Å². The summed E-state index contributed by atoms with van der Waals surface area (Å²) in [5.41, 5.74) is -0.387. The largest absolute Gasteiger partial charge is 0.476 e. The van der Waals surface area contributed by atoms with Crippen LogP contribution in [0.4, 0.5) is 5.82 Å². The van der Waals surface area contributed by atoms with E-state index in [2.05, 4.69) is 10.3 Å². The Labute approximate surface area is 151 Å². The van der Waals surface area contributed by atoms with E-state index in [4.69, 9.17) is 4.74 Å². The second kappa shape index (κ2) is 8.31. The van der Waals surface area contributed by atoms with Gasteiger partial charge in [0.2, 0.25) is 5.88 Å². The van der Waals surface area contributed by atoms with E-state index in [-0.39, 0.29) is 11.4 Å². The molecule has 0 fully saturated rings. The number of ether oxygens (including phenoxy) is 1. The number of likely N-dealkylation sites (N-methyl/N-ethyl adjacent to an activating group) is 1. The first-order valence-corrected chi connectivity index (χ1v) is 8.01. The topological polar surface area (TPSA) is 105 Å². The third kappa shape index (κ3) is 4.29. The SMILES string of the molecule is CN(C)CCOc1cc(CNc2c(C#N)c(=O)n(C)c(=O)n2C)ccn1. The number of hydrogen-bond acceptors (Lipinski definition) is 7. The third-order valence-electron chi connectivity index (χ3n) is 3.82. The Kier molecular flexibility index (Phi) is 6.14. The molecule has 26 heavy (non-hydrogen) atoms. The van der Waals surface area contributed by atoms with Gasteiger partial charge in [0, 0.05) is 39.4 Å². The number of hydrogen-bond donors (Lipinski definition) is 1. The van der Waals surface area contributed by atoms with Crippen molar-refractivity contribution in [1.82, 2.24) is 19.0 Å². The van der Waals surface area contributed by atoms with E-state index in [0.717, 1.165) is 16.7 Å². The average molecular weight is 358 g/mol. The molecule has 0 saturated heterocycles. The van der Waals surface area contributed by atoms with Crippen LogP contribution in [-0.2, 0) is 20.6 Å². The van der Waals surface area contributed by atoms with Gasteiger partial charge in [-0.15, -0.1) is 0 Å². The van der Waals surface area contributed by atoms with Crippen LogP contribution in [0.25, 0.3) is 0 Å². The molecule has 0 unspecified atom stereocenters. The zero-order valence-electron chi connectivity index (χ0n) is 15.3. The van der Waals surface area contributed by atoms with E-state index in [0.29, 0.717) is 19.0 Å². The number of nitriles is 1. The van der Waals surface area contributed by atoms with E-state index < -0.39 is 11.2 Å². The van der Waals surface area contributed by atoms with Crippen molar-refractivity contribution in [3.63, 3.8) is 0 Å². The Hall–Kier alpha value is -3.12. The first kappa shape index (κ1) is 19.2. The molecule has 0 aromatic carbocycles. The van der Waals surface area contributed by atoms with E-state index in [9.17, 15) is 14.9 Å². The first-order valence-electron chi connectivity index (χ1n) is 8.01. The minimum absolute atomic E-state index is 0.105. The maximum absolute atomic E-state index is 12.1. The van der Waals surface area contributed by atoms with Crippen molar-refractivity contribution in [1.29, 1.82) is 5.26 Å². The highest BCUT2D eigenvalue weighted by Crippen LogP contribution is 2.13. The lowest BCUT2D eigenvalue weighted by atomic mass is 10.2. The van der Waals surface area contributed by atoms with Gasteiger partial charge < -0.3 is 15.0 Å². The van der Waals surface area contributed by atoms with Crippen molar-refractivity contribution in [2.75, 3.05) is 32.6 Å². The molecule has 2 rings (SSSR count). The van der Waals surface area contributed by atoms with Crippen molar-refractivity contribution in [3.05, 3.63) is 50.3 Å². The van der Waals surface area contributed by atoms with Gasteiger partial charge in [-0.1, -0.05) is 0 Å². The summed E-state index contributed by atoms with van der Waals surface area (Å²) >= 11 is 0. The second-order valence-electron chi connectivity index (χ2n) is 6.05. The van der Waals surface area contributed by atoms with Crippen LogP contribution in [0.3, 0.4) is 0 Å². The molecule has 0 saturated carbocycles. The summed E-state index contributed by atoms with van der Waals surface area (Å²) in [6.45, 7) is 1.59. The monoisotopic (exact) mass is 358 g/mol. The Morgan fingerprint density at radius 3 is 2.69 bits per heavy atom. The molecule has 2 aromatic rings. The molecule has 0 aliphatic heterocycles. The zero-order chi connectivity index (χ0) is 19.3. The summed E-state index contributed by atoms with van der Waals surface area (Å²) < 4.78 is 7.75. The molecular formula is C17H22N6O3. The highest BCUT2D eigenvalue weighted by atomic mass is 16.5. The van der Waals surface area contributed by atoms with E-state index in [1.54, 1.807) is 18.3 Å². The van der Waals surface area contributed by atoms with Crippen molar-refractivity contribution >= 4 is 5.82 Å². The van der Waals surface area contributed by atoms with Gasteiger partial charge in [-0.25, -0.2) is 9.78 Å². The predicted molar refractivity (Wildman–Crippen MR) is 97.3 cm³/mol. The van der Waals surface area contributed by atoms with Gasteiger partial charge in [-0.3, -0.25) is 13.9 Å². The molecule has 0 amide bonds. The zero-order valence-corrected chi connectivity index (χ0v) is 15.3. The van der Waals surface area contributed by atoms with Gasteiger partial charge in [0.25, 0.3) is 5.56 Å². The van der Waals surface area contributed by atoms with Crippen LogP contribution >= 0.6 is 0 Å². The first-order chi connectivity index (χ1) is 12.3. The van der Waals surface area contributed by atoms with Gasteiger partial charge in [0.15, 0.2) is 5.56 Å². The summed E-state index contributed by atoms with van der Waals surface area (Å²) in [4.78, 5) is 30.3. The predicted octanol–water partition coefficient (Wildman–Crippen LogP) is -0.0968. The van der Waals surface area contributed by atoms with Crippen molar-refractivity contribution in [2.45, 2.75) is 6.54 Å². The van der Waals surface area contributed by atoms with E-state index in [1.807, 2.05) is 25.1 Å². The molecule has 138 valence electrons. The fraction of sp³-hybridized carbons (Fsp3) is 0.412. The standard InChI is InChI=1S/C17H22N6O3/c1-21(2)7-8-26-14-9-12(5-6-19-14)11-20-15-13(10-18)16(24)23(4)17(25)22(15)3/h5-6,9,20H,7-8,11H2,1-4H3. The molecule has 2 aromatic heterocycles. The molecule has 0 aliphatic carbocycles. The minimum atomic E-state index is -0.625. The molecule has 0 aliphatic rings. The highest BCUT2D eigenvalue weighted by molar-refractivity contribution is 5.51. The fourth-order valence-electron chi connectivity index (χ4n) is 2.31. The molecule has 9 nitrogen and oxygen atoms in total. The molecule has 0 spiro atoms. The summed E-state index contributed by atoms with van der Waals surface area (Å²) in [6.07, 6.45) is 1.62. The maximum Gasteiger partial charge on any atom is 0.332 e. The summed E-state index contributed by atoms with van der Waals surface area (Å²) in [5, 5.41) is 12.3. The van der Waals surface area contributed by atoms with E-state index >= 15 is 0 Å². The quantitative estimate of drug-likeness (QED) is 0.737. The Bertz CT molecular complexity index is 939. The van der Waals surface area contributed by atoms with Gasteiger partial charge >= 0.3 is 5.69 Å². The van der Waals surface area contributed by atoms with E-state index in [1.165, 1.54) is 18.7 Å². The van der Waals surface area contributed by atoms with Gasteiger partial charge in [0.05, 0.1) is 0 Å². The number of anilines is 1. The van der Waals surface area contributed by atoms with Crippen LogP contribution < -0.4 is 21.3 Å². The van der Waals surface area contributed by atoms with Crippen molar-refractivity contribution < 1.29 is 4.74 Å². The molecule has 9 heteroatoms. The average Bonchev–Trinajstić information content (AvgIpc) is 2.62. The molecule has 1 N–H and O–H groups in total. The number of pyridine rings is 1. The fourth-order valence-corrected chi connectivity index (χ4v) is 2.31. The molecule has 0 atom stereocenters. The van der Waals surface area contributed by atoms with Crippen LogP contribution in [0.5, 0.6) is 5.88 Å². The summed E-state index contributed by atoms with van der Waals surface area (Å²) in [5.74, 6) is 0.678. The van der Waals surface area contributed by atoms with Crippen molar-refractivity contribution in [3.8, 4) is 11.9 Å². The number of rotatable bonds is 7. The Balaban J connectivity index is 2.19. The molecular weight excluding hydrogens is 336 g/mol. The minimum Gasteiger partial charge on any atom is -0.476 e. The summed E-state index contributed by atoms with van der Waals surface area (Å²) in [6, 6.07) is 5.42. The number of nitrogens with zero attached hydrogens (tertiary/aromatic N) is 5. The van der Waals surface area contributed by atoms with Crippen LogP contribution in [0.1, 0.15) is 11.1 Å². The highest BCUT2D eigenvalue weighted by Gasteiger charge is 2.15. The van der Waals surface area contributed by atoms with Crippen LogP contribution in [0.2, 0.25) is 0 Å². The van der Waals surface area contributed by atoms with Crippen molar-refractivity contribution in [2.24, 2.45) is 14.1 Å². The lowest BCUT2D eigenvalue weighted by Crippen LogP contribution is -2.39. The van der Waals surface area contributed by atoms with Crippen LogP contribution in [-0.4, -0.2) is 46.3 Å². The van der Waals surface area contributed by atoms with Gasteiger partial charge in [0.1, 0.15) is 18.5 Å². The third-order valence-corrected chi connectivity index (χ3v) is 3.82. The number of aromatic nitrogens is 3. The Morgan fingerprint density at radius 1 is 1.31 bits per heavy atom.